The Labute approximate surface area is 111 Å². The smallest absolute Gasteiger partial charge is 0.0951 e. The Bertz CT molecular complexity index is 733. The van der Waals surface area contributed by atoms with Crippen LogP contribution in [0.3, 0.4) is 0 Å². The molecule has 0 saturated heterocycles. The molecule has 0 fully saturated rings. The lowest BCUT2D eigenvalue weighted by atomic mass is 10.1. The number of nitrogens with zero attached hydrogens (tertiary/aromatic N) is 3. The molecule has 2 aromatic carbocycles. The van der Waals surface area contributed by atoms with Crippen LogP contribution in [-0.4, -0.2) is 4.98 Å². The van der Waals surface area contributed by atoms with Crippen molar-refractivity contribution >= 4 is 22.3 Å². The summed E-state index contributed by atoms with van der Waals surface area (Å²) in [6, 6.07) is 17.7. The fourth-order valence-corrected chi connectivity index (χ4v) is 1.99. The monoisotopic (exact) mass is 247 g/mol. The van der Waals surface area contributed by atoms with E-state index in [2.05, 4.69) is 15.2 Å². The first-order valence-electron chi connectivity index (χ1n) is 6.16. The third-order valence-corrected chi connectivity index (χ3v) is 2.98. The van der Waals surface area contributed by atoms with Crippen molar-refractivity contribution in [3.63, 3.8) is 0 Å². The summed E-state index contributed by atoms with van der Waals surface area (Å²) in [5.74, 6) is 0. The molecule has 3 heteroatoms. The number of pyridine rings is 1. The lowest BCUT2D eigenvalue weighted by molar-refractivity contribution is 1.23. The van der Waals surface area contributed by atoms with E-state index in [0.29, 0.717) is 0 Å². The van der Waals surface area contributed by atoms with Crippen LogP contribution in [-0.2, 0) is 0 Å². The molecule has 0 unspecified atom stereocenters. The summed E-state index contributed by atoms with van der Waals surface area (Å²) in [5.41, 5.74) is 3.82. The summed E-state index contributed by atoms with van der Waals surface area (Å²) < 4.78 is 0. The highest BCUT2D eigenvalue weighted by atomic mass is 15.1. The SMILES string of the molecule is Cc1ccc(/N=N/c2ccccc2)c2cccnc12. The van der Waals surface area contributed by atoms with E-state index in [0.717, 1.165) is 27.8 Å². The van der Waals surface area contributed by atoms with Gasteiger partial charge < -0.3 is 0 Å². The van der Waals surface area contributed by atoms with Gasteiger partial charge in [-0.3, -0.25) is 4.98 Å². The zero-order chi connectivity index (χ0) is 13.1. The molecule has 0 N–H and O–H groups in total. The number of fused-ring (bicyclic) bond motifs is 1. The second-order valence-corrected chi connectivity index (χ2v) is 4.34. The molecule has 0 saturated carbocycles. The summed E-state index contributed by atoms with van der Waals surface area (Å²) in [7, 11) is 0. The molecule has 1 aromatic heterocycles. The Kier molecular flexibility index (Phi) is 3.02. The molecule has 19 heavy (non-hydrogen) atoms. The molecule has 3 nitrogen and oxygen atoms in total. The highest BCUT2D eigenvalue weighted by Gasteiger charge is 2.03. The van der Waals surface area contributed by atoms with E-state index in [-0.39, 0.29) is 0 Å². The first-order valence-corrected chi connectivity index (χ1v) is 6.16. The van der Waals surface area contributed by atoms with Crippen molar-refractivity contribution in [2.24, 2.45) is 10.2 Å². The average Bonchev–Trinajstić information content (AvgIpc) is 2.48. The van der Waals surface area contributed by atoms with Gasteiger partial charge in [0.25, 0.3) is 0 Å². The molecule has 3 rings (SSSR count). The Morgan fingerprint density at radius 2 is 1.68 bits per heavy atom. The first-order chi connectivity index (χ1) is 9.34. The fourth-order valence-electron chi connectivity index (χ4n) is 1.99. The lowest BCUT2D eigenvalue weighted by Crippen LogP contribution is -1.82. The standard InChI is InChI=1S/C16H13N3/c1-12-9-10-15(14-8-5-11-17-16(12)14)19-18-13-6-3-2-4-7-13/h2-11H,1H3/b19-18+. The number of benzene rings is 2. The van der Waals surface area contributed by atoms with E-state index in [4.69, 9.17) is 0 Å². The summed E-state index contributed by atoms with van der Waals surface area (Å²) in [6.45, 7) is 2.05. The molecular weight excluding hydrogens is 234 g/mol. The van der Waals surface area contributed by atoms with Gasteiger partial charge in [-0.05, 0) is 42.8 Å². The summed E-state index contributed by atoms with van der Waals surface area (Å²) in [5, 5.41) is 9.61. The van der Waals surface area contributed by atoms with Gasteiger partial charge in [0.1, 0.15) is 0 Å². The quantitative estimate of drug-likeness (QED) is 0.590. The average molecular weight is 247 g/mol. The molecule has 92 valence electrons. The number of azo groups is 1. The van der Waals surface area contributed by atoms with Crippen molar-refractivity contribution in [2.45, 2.75) is 6.92 Å². The minimum Gasteiger partial charge on any atom is -0.256 e. The van der Waals surface area contributed by atoms with Crippen molar-refractivity contribution in [2.75, 3.05) is 0 Å². The molecular formula is C16H13N3. The molecule has 1 heterocycles. The molecule has 0 aliphatic heterocycles. The Hall–Kier alpha value is -2.55. The van der Waals surface area contributed by atoms with E-state index < -0.39 is 0 Å². The Morgan fingerprint density at radius 1 is 0.842 bits per heavy atom. The Morgan fingerprint density at radius 3 is 2.53 bits per heavy atom. The molecule has 0 bridgehead atoms. The van der Waals surface area contributed by atoms with Gasteiger partial charge in [0.05, 0.1) is 16.9 Å². The summed E-state index contributed by atoms with van der Waals surface area (Å²) >= 11 is 0. The third kappa shape index (κ3) is 2.36. The van der Waals surface area contributed by atoms with E-state index in [9.17, 15) is 0 Å². The first kappa shape index (κ1) is 11.5. The number of hydrogen-bond donors (Lipinski definition) is 0. The Balaban J connectivity index is 2.07. The highest BCUT2D eigenvalue weighted by Crippen LogP contribution is 2.28. The van der Waals surface area contributed by atoms with Gasteiger partial charge in [-0.1, -0.05) is 24.3 Å². The van der Waals surface area contributed by atoms with Crippen LogP contribution < -0.4 is 0 Å². The topological polar surface area (TPSA) is 37.6 Å². The maximum absolute atomic E-state index is 4.39. The van der Waals surface area contributed by atoms with Gasteiger partial charge >= 0.3 is 0 Å². The minimum absolute atomic E-state index is 0.845. The van der Waals surface area contributed by atoms with Crippen molar-refractivity contribution in [1.82, 2.24) is 4.98 Å². The molecule has 3 aromatic rings. The molecule has 0 atom stereocenters. The fraction of sp³-hybridized carbons (Fsp3) is 0.0625. The van der Waals surface area contributed by atoms with Gasteiger partial charge in [-0.2, -0.15) is 5.11 Å². The number of aryl methyl sites for hydroxylation is 1. The van der Waals surface area contributed by atoms with Gasteiger partial charge in [-0.15, -0.1) is 5.11 Å². The zero-order valence-electron chi connectivity index (χ0n) is 10.6. The van der Waals surface area contributed by atoms with Gasteiger partial charge in [0.2, 0.25) is 0 Å². The van der Waals surface area contributed by atoms with Gasteiger partial charge in [0.15, 0.2) is 0 Å². The van der Waals surface area contributed by atoms with Crippen LogP contribution in [0.1, 0.15) is 5.56 Å². The minimum atomic E-state index is 0.845. The highest BCUT2D eigenvalue weighted by molar-refractivity contribution is 5.91. The van der Waals surface area contributed by atoms with Crippen LogP contribution in [0.4, 0.5) is 11.4 Å². The number of hydrogen-bond acceptors (Lipinski definition) is 3. The second kappa shape index (κ2) is 4.98. The molecule has 0 aliphatic carbocycles. The van der Waals surface area contributed by atoms with E-state index in [1.165, 1.54) is 0 Å². The lowest BCUT2D eigenvalue weighted by Gasteiger charge is -2.03. The van der Waals surface area contributed by atoms with Crippen LogP contribution in [0.2, 0.25) is 0 Å². The van der Waals surface area contributed by atoms with Crippen LogP contribution in [0, 0.1) is 6.92 Å². The van der Waals surface area contributed by atoms with Crippen LogP contribution >= 0.6 is 0 Å². The van der Waals surface area contributed by atoms with Crippen LogP contribution in [0.15, 0.2) is 71.0 Å². The normalized spacial score (nSPS) is 11.2. The van der Waals surface area contributed by atoms with Crippen molar-refractivity contribution in [1.29, 1.82) is 0 Å². The van der Waals surface area contributed by atoms with Crippen LogP contribution in [0.25, 0.3) is 10.9 Å². The maximum Gasteiger partial charge on any atom is 0.0951 e. The molecule has 0 radical (unpaired) electrons. The van der Waals surface area contributed by atoms with Crippen molar-refractivity contribution in [3.05, 3.63) is 66.4 Å². The van der Waals surface area contributed by atoms with E-state index in [1.807, 2.05) is 61.5 Å². The number of aromatic nitrogens is 1. The summed E-state index contributed by atoms with van der Waals surface area (Å²) in [6.07, 6.45) is 1.80. The predicted octanol–water partition coefficient (Wildman–Crippen LogP) is 4.96. The largest absolute Gasteiger partial charge is 0.256 e. The zero-order valence-corrected chi connectivity index (χ0v) is 10.6. The van der Waals surface area contributed by atoms with Crippen molar-refractivity contribution in [3.8, 4) is 0 Å². The molecule has 0 amide bonds. The van der Waals surface area contributed by atoms with E-state index in [1.54, 1.807) is 6.20 Å². The number of rotatable bonds is 2. The van der Waals surface area contributed by atoms with Gasteiger partial charge in [0, 0.05) is 11.6 Å². The summed E-state index contributed by atoms with van der Waals surface area (Å²) in [4.78, 5) is 4.39. The predicted molar refractivity (Wildman–Crippen MR) is 77.1 cm³/mol. The van der Waals surface area contributed by atoms with Gasteiger partial charge in [-0.25, -0.2) is 0 Å². The second-order valence-electron chi connectivity index (χ2n) is 4.34. The molecule has 0 spiro atoms. The molecule has 0 aliphatic rings. The van der Waals surface area contributed by atoms with Crippen molar-refractivity contribution < 1.29 is 0 Å². The van der Waals surface area contributed by atoms with Crippen LogP contribution in [0.5, 0.6) is 0 Å². The maximum atomic E-state index is 4.39. The third-order valence-electron chi connectivity index (χ3n) is 2.98. The van der Waals surface area contributed by atoms with E-state index >= 15 is 0 Å².